The van der Waals surface area contributed by atoms with E-state index in [9.17, 15) is 14.9 Å². The summed E-state index contributed by atoms with van der Waals surface area (Å²) >= 11 is 0. The van der Waals surface area contributed by atoms with E-state index in [2.05, 4.69) is 11.1 Å². The average molecular weight is 325 g/mol. The first-order chi connectivity index (χ1) is 11.5. The summed E-state index contributed by atoms with van der Waals surface area (Å²) in [5.41, 5.74) is 3.12. The molecule has 0 saturated carbocycles. The number of pyridine rings is 1. The van der Waals surface area contributed by atoms with Crippen LogP contribution in [0.2, 0.25) is 0 Å². The number of aromatic nitrogens is 1. The Morgan fingerprint density at radius 2 is 2.17 bits per heavy atom. The highest BCUT2D eigenvalue weighted by Crippen LogP contribution is 2.33. The zero-order chi connectivity index (χ0) is 17.3. The van der Waals surface area contributed by atoms with Gasteiger partial charge in [-0.1, -0.05) is 6.07 Å². The summed E-state index contributed by atoms with van der Waals surface area (Å²) in [5.74, 6) is -0.142. The molecule has 1 amide bonds. The molecule has 0 aliphatic heterocycles. The first-order valence-corrected chi connectivity index (χ1v) is 7.95. The van der Waals surface area contributed by atoms with E-state index in [1.54, 1.807) is 31.1 Å². The Labute approximate surface area is 140 Å². The highest BCUT2D eigenvalue weighted by molar-refractivity contribution is 5.94. The van der Waals surface area contributed by atoms with Gasteiger partial charge in [-0.25, -0.2) is 0 Å². The number of aryl methyl sites for hydroxylation is 2. The number of nitrogens with zero attached hydrogens (tertiary/aromatic N) is 3. The monoisotopic (exact) mass is 325 g/mol. The van der Waals surface area contributed by atoms with Crippen molar-refractivity contribution in [2.75, 3.05) is 7.05 Å². The SMILES string of the molecule is Cc1cc(C(=O)N(C)[C@H]2CCCc3cccnc32)ccc1[N+](=O)[O-]. The lowest BCUT2D eigenvalue weighted by Gasteiger charge is -2.32. The molecule has 2 aromatic rings. The van der Waals surface area contributed by atoms with Crippen molar-refractivity contribution < 1.29 is 9.72 Å². The van der Waals surface area contributed by atoms with E-state index in [0.717, 1.165) is 25.0 Å². The van der Waals surface area contributed by atoms with Crippen LogP contribution in [0, 0.1) is 17.0 Å². The zero-order valence-corrected chi connectivity index (χ0v) is 13.7. The van der Waals surface area contributed by atoms with Gasteiger partial charge in [0, 0.05) is 30.4 Å². The van der Waals surface area contributed by atoms with Gasteiger partial charge in [0.15, 0.2) is 0 Å². The smallest absolute Gasteiger partial charge is 0.272 e. The van der Waals surface area contributed by atoms with Crippen molar-refractivity contribution in [3.05, 3.63) is 69.0 Å². The van der Waals surface area contributed by atoms with E-state index < -0.39 is 4.92 Å². The number of hydrogen-bond acceptors (Lipinski definition) is 4. The Hall–Kier alpha value is -2.76. The van der Waals surface area contributed by atoms with Crippen LogP contribution in [0.15, 0.2) is 36.5 Å². The summed E-state index contributed by atoms with van der Waals surface area (Å²) in [5, 5.41) is 10.9. The summed E-state index contributed by atoms with van der Waals surface area (Å²) in [6, 6.07) is 8.42. The second kappa shape index (κ2) is 6.39. The lowest BCUT2D eigenvalue weighted by molar-refractivity contribution is -0.385. The fourth-order valence-corrected chi connectivity index (χ4v) is 3.30. The first kappa shape index (κ1) is 16.1. The molecular weight excluding hydrogens is 306 g/mol. The maximum absolute atomic E-state index is 12.8. The Kier molecular flexibility index (Phi) is 4.29. The Bertz CT molecular complexity index is 804. The van der Waals surface area contributed by atoms with Gasteiger partial charge in [0.05, 0.1) is 16.7 Å². The summed E-state index contributed by atoms with van der Waals surface area (Å²) in [4.78, 5) is 29.5. The van der Waals surface area contributed by atoms with Crippen LogP contribution in [-0.4, -0.2) is 27.8 Å². The molecule has 0 saturated heterocycles. The third-order valence-corrected chi connectivity index (χ3v) is 4.59. The summed E-state index contributed by atoms with van der Waals surface area (Å²) in [6.07, 6.45) is 4.63. The average Bonchev–Trinajstić information content (AvgIpc) is 2.59. The minimum Gasteiger partial charge on any atom is -0.333 e. The molecule has 0 radical (unpaired) electrons. The topological polar surface area (TPSA) is 76.3 Å². The van der Waals surface area contributed by atoms with Crippen LogP contribution in [-0.2, 0) is 6.42 Å². The van der Waals surface area contributed by atoms with Crippen LogP contribution in [0.3, 0.4) is 0 Å². The van der Waals surface area contributed by atoms with Crippen LogP contribution in [0.4, 0.5) is 5.69 Å². The maximum Gasteiger partial charge on any atom is 0.272 e. The number of carbonyl (C=O) groups is 1. The summed E-state index contributed by atoms with van der Waals surface area (Å²) in [7, 11) is 1.77. The first-order valence-electron chi connectivity index (χ1n) is 7.95. The largest absolute Gasteiger partial charge is 0.333 e. The molecule has 0 unspecified atom stereocenters. The van der Waals surface area contributed by atoms with Gasteiger partial charge in [-0.3, -0.25) is 19.9 Å². The minimum atomic E-state index is -0.436. The third kappa shape index (κ3) is 2.87. The van der Waals surface area contributed by atoms with Crippen LogP contribution in [0.25, 0.3) is 0 Å². The van der Waals surface area contributed by atoms with Gasteiger partial charge in [0.25, 0.3) is 11.6 Å². The zero-order valence-electron chi connectivity index (χ0n) is 13.7. The molecule has 0 bridgehead atoms. The van der Waals surface area contributed by atoms with E-state index in [1.807, 2.05) is 6.07 Å². The highest BCUT2D eigenvalue weighted by Gasteiger charge is 2.28. The van der Waals surface area contributed by atoms with Gasteiger partial charge in [-0.05, 0) is 49.9 Å². The molecule has 24 heavy (non-hydrogen) atoms. The number of benzene rings is 1. The van der Waals surface area contributed by atoms with Crippen molar-refractivity contribution in [3.8, 4) is 0 Å². The third-order valence-electron chi connectivity index (χ3n) is 4.59. The number of fused-ring (bicyclic) bond motifs is 1. The van der Waals surface area contributed by atoms with Gasteiger partial charge in [0.2, 0.25) is 0 Å². The Morgan fingerprint density at radius 1 is 1.38 bits per heavy atom. The van der Waals surface area contributed by atoms with Crippen molar-refractivity contribution in [3.63, 3.8) is 0 Å². The van der Waals surface area contributed by atoms with Gasteiger partial charge < -0.3 is 4.90 Å². The lowest BCUT2D eigenvalue weighted by atomic mass is 9.90. The molecule has 1 aliphatic carbocycles. The molecule has 1 aromatic heterocycles. The van der Waals surface area contributed by atoms with Crippen LogP contribution < -0.4 is 0 Å². The molecule has 6 heteroatoms. The number of carbonyl (C=O) groups excluding carboxylic acids is 1. The van der Waals surface area contributed by atoms with Crippen molar-refractivity contribution in [2.45, 2.75) is 32.2 Å². The maximum atomic E-state index is 12.8. The predicted molar refractivity (Wildman–Crippen MR) is 89.8 cm³/mol. The molecule has 6 nitrogen and oxygen atoms in total. The van der Waals surface area contributed by atoms with Crippen LogP contribution in [0.1, 0.15) is 46.1 Å². The Morgan fingerprint density at radius 3 is 2.88 bits per heavy atom. The van der Waals surface area contributed by atoms with Gasteiger partial charge in [0.1, 0.15) is 0 Å². The van der Waals surface area contributed by atoms with Crippen LogP contribution >= 0.6 is 0 Å². The number of amides is 1. The molecule has 0 N–H and O–H groups in total. The molecule has 1 atom stereocenters. The second-order valence-electron chi connectivity index (χ2n) is 6.13. The fourth-order valence-electron chi connectivity index (χ4n) is 3.30. The van der Waals surface area contributed by atoms with E-state index in [1.165, 1.54) is 17.7 Å². The number of nitro benzene ring substituents is 1. The summed E-state index contributed by atoms with van der Waals surface area (Å²) < 4.78 is 0. The minimum absolute atomic E-state index is 0.0267. The second-order valence-corrected chi connectivity index (χ2v) is 6.13. The van der Waals surface area contributed by atoms with E-state index in [-0.39, 0.29) is 17.6 Å². The molecule has 1 aliphatic rings. The van der Waals surface area contributed by atoms with Gasteiger partial charge >= 0.3 is 0 Å². The van der Waals surface area contributed by atoms with E-state index in [0.29, 0.717) is 11.1 Å². The number of hydrogen-bond donors (Lipinski definition) is 0. The van der Waals surface area contributed by atoms with Crippen molar-refractivity contribution >= 4 is 11.6 Å². The van der Waals surface area contributed by atoms with Crippen molar-refractivity contribution in [1.82, 2.24) is 9.88 Å². The molecule has 0 fully saturated rings. The van der Waals surface area contributed by atoms with E-state index >= 15 is 0 Å². The lowest BCUT2D eigenvalue weighted by Crippen LogP contribution is -2.34. The number of nitro groups is 1. The normalized spacial score (nSPS) is 16.3. The molecular formula is C18H19N3O3. The Balaban J connectivity index is 1.88. The standard InChI is InChI=1S/C18H19N3O3/c1-12-11-14(8-9-15(12)21(23)24)18(22)20(2)16-7-3-5-13-6-4-10-19-17(13)16/h4,6,8-11,16H,3,5,7H2,1-2H3/t16-/m0/s1. The van der Waals surface area contributed by atoms with E-state index in [4.69, 9.17) is 0 Å². The molecule has 3 rings (SSSR count). The summed E-state index contributed by atoms with van der Waals surface area (Å²) in [6.45, 7) is 1.65. The molecule has 1 aromatic carbocycles. The van der Waals surface area contributed by atoms with Crippen molar-refractivity contribution in [2.24, 2.45) is 0 Å². The fraction of sp³-hybridized carbons (Fsp3) is 0.333. The molecule has 1 heterocycles. The molecule has 124 valence electrons. The quantitative estimate of drug-likeness (QED) is 0.640. The molecule has 0 spiro atoms. The van der Waals surface area contributed by atoms with Crippen LogP contribution in [0.5, 0.6) is 0 Å². The van der Waals surface area contributed by atoms with Crippen molar-refractivity contribution in [1.29, 1.82) is 0 Å². The number of rotatable bonds is 3. The van der Waals surface area contributed by atoms with Gasteiger partial charge in [-0.2, -0.15) is 0 Å². The highest BCUT2D eigenvalue weighted by atomic mass is 16.6. The predicted octanol–water partition coefficient (Wildman–Crippen LogP) is 3.45. The van der Waals surface area contributed by atoms with Gasteiger partial charge in [-0.15, -0.1) is 0 Å².